The van der Waals surface area contributed by atoms with Gasteiger partial charge in [0.05, 0.1) is 11.3 Å². The molecule has 8 heteroatoms. The second-order valence-electron chi connectivity index (χ2n) is 4.70. The van der Waals surface area contributed by atoms with E-state index in [2.05, 4.69) is 31.4 Å². The molecule has 1 fully saturated rings. The maximum atomic E-state index is 5.89. The molecule has 0 saturated carbocycles. The lowest BCUT2D eigenvalue weighted by Gasteiger charge is -2.31. The highest BCUT2D eigenvalue weighted by molar-refractivity contribution is 7.10. The summed E-state index contributed by atoms with van der Waals surface area (Å²) in [5.74, 6) is 1.09. The Hall–Kier alpha value is -1.67. The largest absolute Gasteiger partial charge is 0.389 e. The summed E-state index contributed by atoms with van der Waals surface area (Å²) in [6.45, 7) is 5.72. The molecule has 2 N–H and O–H groups in total. The number of nitrogens with two attached hydrogens (primary N) is 1. The molecule has 0 unspecified atom stereocenters. The molecule has 3 rings (SSSR count). The molecule has 102 valence electrons. The van der Waals surface area contributed by atoms with E-state index in [1.165, 1.54) is 11.5 Å². The van der Waals surface area contributed by atoms with Crippen molar-refractivity contribution in [3.05, 3.63) is 5.69 Å². The first-order chi connectivity index (χ1) is 9.15. The lowest BCUT2D eigenvalue weighted by Crippen LogP contribution is -2.44. The van der Waals surface area contributed by atoms with Crippen LogP contribution in [0, 0.1) is 6.92 Å². The van der Waals surface area contributed by atoms with Crippen LogP contribution in [0.3, 0.4) is 0 Å². The van der Waals surface area contributed by atoms with E-state index in [4.69, 9.17) is 10.3 Å². The van der Waals surface area contributed by atoms with Crippen LogP contribution in [0.5, 0.6) is 0 Å². The number of likely N-dealkylation sites (N-methyl/N-ethyl adjacent to an activating group) is 1. The van der Waals surface area contributed by atoms with Gasteiger partial charge in [-0.25, -0.2) is 0 Å². The summed E-state index contributed by atoms with van der Waals surface area (Å²) in [4.78, 5) is 8.84. The van der Waals surface area contributed by atoms with E-state index in [0.717, 1.165) is 37.4 Å². The van der Waals surface area contributed by atoms with E-state index in [-0.39, 0.29) is 0 Å². The number of anilines is 2. The van der Waals surface area contributed by atoms with Crippen LogP contribution in [0.1, 0.15) is 5.69 Å². The monoisotopic (exact) mass is 280 g/mol. The maximum Gasteiger partial charge on any atom is 0.266 e. The number of aryl methyl sites for hydroxylation is 1. The Kier molecular flexibility index (Phi) is 3.11. The normalized spacial score (nSPS) is 17.1. The Morgan fingerprint density at radius 1 is 1.26 bits per heavy atom. The molecular weight excluding hydrogens is 264 g/mol. The van der Waals surface area contributed by atoms with E-state index in [0.29, 0.717) is 16.8 Å². The summed E-state index contributed by atoms with van der Waals surface area (Å²) < 4.78 is 9.51. The summed E-state index contributed by atoms with van der Waals surface area (Å²) in [6, 6.07) is 0. The minimum absolute atomic E-state index is 0.456. The Bertz CT molecular complexity index is 552. The fourth-order valence-corrected chi connectivity index (χ4v) is 2.75. The van der Waals surface area contributed by atoms with Gasteiger partial charge in [0, 0.05) is 26.2 Å². The third-order valence-corrected chi connectivity index (χ3v) is 4.07. The molecule has 2 aromatic heterocycles. The molecule has 3 heterocycles. The molecular formula is C11H16N6OS. The van der Waals surface area contributed by atoms with Crippen LogP contribution in [0.25, 0.3) is 11.5 Å². The maximum absolute atomic E-state index is 5.89. The van der Waals surface area contributed by atoms with Gasteiger partial charge in [-0.05, 0) is 30.7 Å². The summed E-state index contributed by atoms with van der Waals surface area (Å²) in [5, 5.41) is 4.66. The highest BCUT2D eigenvalue weighted by Gasteiger charge is 2.22. The quantitative estimate of drug-likeness (QED) is 0.872. The van der Waals surface area contributed by atoms with Crippen molar-refractivity contribution in [2.24, 2.45) is 0 Å². The molecule has 19 heavy (non-hydrogen) atoms. The predicted molar refractivity (Wildman–Crippen MR) is 74.3 cm³/mol. The fraction of sp³-hybridized carbons (Fsp3) is 0.545. The smallest absolute Gasteiger partial charge is 0.266 e. The molecule has 1 aliphatic heterocycles. The Morgan fingerprint density at radius 2 is 2.00 bits per heavy atom. The molecule has 0 atom stereocenters. The Morgan fingerprint density at radius 3 is 2.63 bits per heavy atom. The van der Waals surface area contributed by atoms with Crippen LogP contribution in [-0.4, -0.2) is 52.6 Å². The molecule has 0 aliphatic carbocycles. The van der Waals surface area contributed by atoms with Crippen molar-refractivity contribution in [3.63, 3.8) is 0 Å². The summed E-state index contributed by atoms with van der Waals surface area (Å²) in [7, 11) is 2.11. The Labute approximate surface area is 115 Å². The van der Waals surface area contributed by atoms with Crippen LogP contribution in [0.2, 0.25) is 0 Å². The van der Waals surface area contributed by atoms with Crippen LogP contribution in [0.4, 0.5) is 10.9 Å². The zero-order valence-electron chi connectivity index (χ0n) is 11.0. The summed E-state index contributed by atoms with van der Waals surface area (Å²) >= 11 is 1.25. The minimum Gasteiger partial charge on any atom is -0.389 e. The third kappa shape index (κ3) is 2.28. The molecule has 0 amide bonds. The average Bonchev–Trinajstić information content (AvgIpc) is 2.98. The average molecular weight is 280 g/mol. The summed E-state index contributed by atoms with van der Waals surface area (Å²) in [6.07, 6.45) is 0. The van der Waals surface area contributed by atoms with Crippen molar-refractivity contribution in [3.8, 4) is 11.5 Å². The van der Waals surface area contributed by atoms with Gasteiger partial charge in [0.25, 0.3) is 11.8 Å². The number of hydrogen-bond donors (Lipinski definition) is 1. The van der Waals surface area contributed by atoms with Gasteiger partial charge >= 0.3 is 0 Å². The number of nitrogens with zero attached hydrogens (tertiary/aromatic N) is 5. The molecule has 7 nitrogen and oxygen atoms in total. The topological polar surface area (TPSA) is 84.3 Å². The number of aromatic nitrogens is 3. The van der Waals surface area contributed by atoms with E-state index in [9.17, 15) is 0 Å². The first kappa shape index (κ1) is 12.4. The second-order valence-corrected chi connectivity index (χ2v) is 5.50. The molecule has 1 aliphatic rings. The van der Waals surface area contributed by atoms with Crippen molar-refractivity contribution in [2.45, 2.75) is 6.92 Å². The van der Waals surface area contributed by atoms with Gasteiger partial charge in [0.2, 0.25) is 0 Å². The van der Waals surface area contributed by atoms with E-state index in [1.54, 1.807) is 0 Å². The standard InChI is InChI=1S/C11H16N6OS/c1-7-8(9(12)19-15-7)10-13-11(14-18-10)17-5-3-16(2)4-6-17/h3-6,12H2,1-2H3. The first-order valence-electron chi connectivity index (χ1n) is 6.14. The van der Waals surface area contributed by atoms with Gasteiger partial charge in [-0.15, -0.1) is 0 Å². The van der Waals surface area contributed by atoms with E-state index < -0.39 is 0 Å². The van der Waals surface area contributed by atoms with Crippen molar-refractivity contribution >= 4 is 22.5 Å². The fourth-order valence-electron chi connectivity index (χ4n) is 2.10. The molecule has 0 aromatic carbocycles. The van der Waals surface area contributed by atoms with Crippen molar-refractivity contribution < 1.29 is 4.52 Å². The predicted octanol–water partition coefficient (Wildman–Crippen LogP) is 0.836. The van der Waals surface area contributed by atoms with Gasteiger partial charge < -0.3 is 20.1 Å². The van der Waals surface area contributed by atoms with Crippen LogP contribution in [0.15, 0.2) is 4.52 Å². The van der Waals surface area contributed by atoms with Crippen LogP contribution in [-0.2, 0) is 0 Å². The summed E-state index contributed by atoms with van der Waals surface area (Å²) in [5.41, 5.74) is 7.48. The van der Waals surface area contributed by atoms with Crippen molar-refractivity contribution in [1.82, 2.24) is 19.4 Å². The highest BCUT2D eigenvalue weighted by Crippen LogP contribution is 2.31. The first-order valence-corrected chi connectivity index (χ1v) is 6.92. The molecule has 0 spiro atoms. The number of piperazine rings is 1. The second kappa shape index (κ2) is 4.78. The minimum atomic E-state index is 0.456. The van der Waals surface area contributed by atoms with E-state index >= 15 is 0 Å². The molecule has 0 bridgehead atoms. The number of rotatable bonds is 2. The van der Waals surface area contributed by atoms with Crippen molar-refractivity contribution in [2.75, 3.05) is 43.9 Å². The SMILES string of the molecule is Cc1nsc(N)c1-c1nc(N2CCN(C)CC2)no1. The zero-order valence-corrected chi connectivity index (χ0v) is 11.8. The van der Waals surface area contributed by atoms with E-state index in [1.807, 2.05) is 6.92 Å². The van der Waals surface area contributed by atoms with Gasteiger partial charge in [0.1, 0.15) is 5.00 Å². The van der Waals surface area contributed by atoms with Gasteiger partial charge in [-0.1, -0.05) is 0 Å². The number of hydrogen-bond acceptors (Lipinski definition) is 8. The van der Waals surface area contributed by atoms with Gasteiger partial charge in [-0.3, -0.25) is 0 Å². The molecule has 0 radical (unpaired) electrons. The number of nitrogen functional groups attached to an aromatic ring is 1. The Balaban J connectivity index is 1.84. The lowest BCUT2D eigenvalue weighted by atomic mass is 10.2. The van der Waals surface area contributed by atoms with Crippen LogP contribution >= 0.6 is 11.5 Å². The molecule has 2 aromatic rings. The van der Waals surface area contributed by atoms with Gasteiger partial charge in [0.15, 0.2) is 0 Å². The highest BCUT2D eigenvalue weighted by atomic mass is 32.1. The zero-order chi connectivity index (χ0) is 13.4. The molecule has 1 saturated heterocycles. The van der Waals surface area contributed by atoms with Crippen LogP contribution < -0.4 is 10.6 Å². The van der Waals surface area contributed by atoms with Crippen molar-refractivity contribution in [1.29, 1.82) is 0 Å². The lowest BCUT2D eigenvalue weighted by molar-refractivity contribution is 0.309. The third-order valence-electron chi connectivity index (χ3n) is 3.30. The van der Waals surface area contributed by atoms with Gasteiger partial charge in [-0.2, -0.15) is 9.36 Å².